The number of hydrogen-bond donors (Lipinski definition) is 2. The first-order chi connectivity index (χ1) is 25.5. The Balaban J connectivity index is 0.872. The lowest BCUT2D eigenvalue weighted by molar-refractivity contribution is -0.253. The number of ether oxygens (including phenoxy) is 4. The molecule has 5 unspecified atom stereocenters. The fraction of sp³-hybridized carbons (Fsp3) is 0.977. The molecule has 10 nitrogen and oxygen atoms in total. The van der Waals surface area contributed by atoms with Gasteiger partial charge in [-0.15, -0.1) is 0 Å². The zero-order valence-electron chi connectivity index (χ0n) is 34.9. The molecular weight excluding hydrogens is 682 g/mol. The summed E-state index contributed by atoms with van der Waals surface area (Å²) in [5.74, 6) is 2.06. The van der Waals surface area contributed by atoms with Crippen molar-refractivity contribution in [2.75, 3.05) is 59.0 Å². The molecule has 4 heterocycles. The summed E-state index contributed by atoms with van der Waals surface area (Å²) in [6, 6.07) is 0.480. The van der Waals surface area contributed by atoms with Crippen molar-refractivity contribution in [1.82, 2.24) is 14.7 Å². The first-order valence-corrected chi connectivity index (χ1v) is 22.2. The highest BCUT2D eigenvalue weighted by molar-refractivity contribution is 5.79. The molecule has 0 aromatic rings. The second-order valence-corrected chi connectivity index (χ2v) is 21.6. The molecule has 9 fully saturated rings. The molecule has 4 aliphatic heterocycles. The summed E-state index contributed by atoms with van der Waals surface area (Å²) in [4.78, 5) is 19.3. The van der Waals surface area contributed by atoms with Crippen LogP contribution < -0.4 is 0 Å². The van der Waals surface area contributed by atoms with Crippen molar-refractivity contribution in [2.45, 2.75) is 162 Å². The van der Waals surface area contributed by atoms with Gasteiger partial charge in [-0.25, -0.2) is 0 Å². The number of morpholine rings is 1. The standard InChI is InChI=1S/C44H73N3O7/c1-9-51-38(40(5,6)50)29-21-27(2)35-36(53-29)37(49)42(8)31-12-11-30-39(3,4)32(13-14-43(30)26-44(31,43)16-15-41(35,42)7)54-34-25-47(19-20-52-34)28-22-45(23-28)24-33(48)46-17-10-18-46/h27-32,34-38,49-50H,9-26H2,1-8H3/t27-,29?,30+,31?,32+,34+,35+,36?,37+,38+,41-,42-,43?,44?/m1/s1. The van der Waals surface area contributed by atoms with E-state index in [0.717, 1.165) is 65.0 Å². The Bertz CT molecular complexity index is 1440. The van der Waals surface area contributed by atoms with E-state index in [2.05, 4.69) is 44.4 Å². The zero-order valence-corrected chi connectivity index (χ0v) is 34.9. The largest absolute Gasteiger partial charge is 0.390 e. The molecule has 14 atom stereocenters. The van der Waals surface area contributed by atoms with Crippen molar-refractivity contribution in [3.05, 3.63) is 0 Å². The molecule has 5 saturated carbocycles. The monoisotopic (exact) mass is 756 g/mol. The summed E-state index contributed by atoms with van der Waals surface area (Å²) >= 11 is 0. The topological polar surface area (TPSA) is 104 Å². The smallest absolute Gasteiger partial charge is 0.236 e. The minimum absolute atomic E-state index is 0.00534. The summed E-state index contributed by atoms with van der Waals surface area (Å²) < 4.78 is 26.5. The van der Waals surface area contributed by atoms with Crippen LogP contribution in [0.4, 0.5) is 0 Å². The molecule has 0 bridgehead atoms. The fourth-order valence-electron chi connectivity index (χ4n) is 15.7. The lowest BCUT2D eigenvalue weighted by Crippen LogP contribution is -2.64. The van der Waals surface area contributed by atoms with Crippen LogP contribution in [0.2, 0.25) is 0 Å². The summed E-state index contributed by atoms with van der Waals surface area (Å²) in [6.45, 7) is 25.3. The Morgan fingerprint density at radius 1 is 0.981 bits per heavy atom. The van der Waals surface area contributed by atoms with Crippen LogP contribution in [0.15, 0.2) is 0 Å². The van der Waals surface area contributed by atoms with Gasteiger partial charge in [0, 0.05) is 57.3 Å². The van der Waals surface area contributed by atoms with Gasteiger partial charge in [0.1, 0.15) is 6.10 Å². The minimum atomic E-state index is -1.02. The van der Waals surface area contributed by atoms with E-state index in [0.29, 0.717) is 54.9 Å². The van der Waals surface area contributed by atoms with E-state index in [9.17, 15) is 15.0 Å². The quantitative estimate of drug-likeness (QED) is 0.339. The van der Waals surface area contributed by atoms with Gasteiger partial charge in [0.25, 0.3) is 0 Å². The Kier molecular flexibility index (Phi) is 9.36. The van der Waals surface area contributed by atoms with Gasteiger partial charge in [-0.05, 0) is 124 Å². The van der Waals surface area contributed by atoms with Crippen LogP contribution in [0.25, 0.3) is 0 Å². The number of likely N-dealkylation sites (tertiary alicyclic amines) is 2. The SMILES string of the molecule is CCO[C@@H](C1C[C@@H](C)[C@H]2C(O1)[C@H](O)[C@@]1(C)C3CC[C@H]4C(C)(C)[C@@H](O[C@H]5CN(C6CN(CC(=O)N7CCC7)C6)CCO5)CCC45CC35CC[C@]21C)C(C)(C)O. The van der Waals surface area contributed by atoms with Crippen LogP contribution in [-0.2, 0) is 23.7 Å². The molecule has 54 heavy (non-hydrogen) atoms. The highest BCUT2D eigenvalue weighted by Crippen LogP contribution is 2.89. The summed E-state index contributed by atoms with van der Waals surface area (Å²) in [7, 11) is 0. The maximum Gasteiger partial charge on any atom is 0.236 e. The van der Waals surface area contributed by atoms with E-state index in [-0.39, 0.29) is 52.2 Å². The van der Waals surface area contributed by atoms with Crippen molar-refractivity contribution in [3.8, 4) is 0 Å². The third kappa shape index (κ3) is 5.41. The predicted molar refractivity (Wildman–Crippen MR) is 205 cm³/mol. The molecule has 0 aromatic carbocycles. The molecule has 9 aliphatic rings. The average molecular weight is 756 g/mol. The van der Waals surface area contributed by atoms with E-state index < -0.39 is 17.8 Å². The Labute approximate surface area is 325 Å². The second kappa shape index (κ2) is 13.1. The van der Waals surface area contributed by atoms with Crippen molar-refractivity contribution in [2.24, 2.45) is 50.7 Å². The van der Waals surface area contributed by atoms with Gasteiger partial charge in [0.15, 0.2) is 6.29 Å². The van der Waals surface area contributed by atoms with Gasteiger partial charge in [-0.1, -0.05) is 34.6 Å². The number of carbonyl (C=O) groups excluding carboxylic acids is 1. The molecule has 0 aromatic heterocycles. The van der Waals surface area contributed by atoms with Gasteiger partial charge in [0.2, 0.25) is 5.91 Å². The van der Waals surface area contributed by atoms with E-state index >= 15 is 0 Å². The van der Waals surface area contributed by atoms with Gasteiger partial charge in [0.05, 0.1) is 43.2 Å². The molecule has 0 radical (unpaired) electrons. The molecule has 1 amide bonds. The summed E-state index contributed by atoms with van der Waals surface area (Å²) in [5.41, 5.74) is -0.573. The predicted octanol–water partition coefficient (Wildman–Crippen LogP) is 4.94. The van der Waals surface area contributed by atoms with Crippen LogP contribution in [0.3, 0.4) is 0 Å². The van der Waals surface area contributed by atoms with Gasteiger partial charge in [-0.2, -0.15) is 0 Å². The number of amides is 1. The number of hydrogen-bond acceptors (Lipinski definition) is 9. The molecular formula is C44H73N3O7. The normalized spacial score (nSPS) is 49.4. The highest BCUT2D eigenvalue weighted by atomic mass is 16.7. The van der Waals surface area contributed by atoms with Gasteiger partial charge < -0.3 is 34.1 Å². The van der Waals surface area contributed by atoms with Crippen LogP contribution in [0.1, 0.15) is 113 Å². The maximum absolute atomic E-state index is 12.7. The minimum Gasteiger partial charge on any atom is -0.390 e. The molecule has 306 valence electrons. The number of aliphatic hydroxyl groups excluding tert-OH is 1. The Hall–Kier alpha value is -0.850. The number of rotatable bonds is 9. The van der Waals surface area contributed by atoms with E-state index in [1.54, 1.807) is 0 Å². The van der Waals surface area contributed by atoms with Crippen molar-refractivity contribution >= 4 is 5.91 Å². The maximum atomic E-state index is 12.7. The fourth-order valence-corrected chi connectivity index (χ4v) is 15.7. The highest BCUT2D eigenvalue weighted by Gasteiger charge is 2.84. The lowest BCUT2D eigenvalue weighted by Gasteiger charge is -2.64. The first-order valence-electron chi connectivity index (χ1n) is 22.2. The van der Waals surface area contributed by atoms with E-state index in [1.807, 2.05) is 25.7 Å². The van der Waals surface area contributed by atoms with E-state index in [4.69, 9.17) is 18.9 Å². The zero-order chi connectivity index (χ0) is 38.2. The number of nitrogens with zero attached hydrogens (tertiary/aromatic N) is 3. The lowest BCUT2D eigenvalue weighted by atomic mass is 9.41. The molecule has 10 heteroatoms. The Morgan fingerprint density at radius 3 is 2.39 bits per heavy atom. The van der Waals surface area contributed by atoms with Crippen LogP contribution in [0.5, 0.6) is 0 Å². The average Bonchev–Trinajstić information content (AvgIpc) is 3.70. The van der Waals surface area contributed by atoms with Crippen LogP contribution in [0, 0.1) is 50.7 Å². The van der Waals surface area contributed by atoms with Crippen molar-refractivity contribution in [1.29, 1.82) is 0 Å². The first kappa shape index (κ1) is 38.7. The molecule has 5 aliphatic carbocycles. The third-order valence-electron chi connectivity index (χ3n) is 18.5. The summed E-state index contributed by atoms with van der Waals surface area (Å²) in [6.07, 6.45) is 8.94. The van der Waals surface area contributed by atoms with Crippen LogP contribution >= 0.6 is 0 Å². The van der Waals surface area contributed by atoms with Crippen LogP contribution in [-0.4, -0.2) is 138 Å². The summed E-state index contributed by atoms with van der Waals surface area (Å²) in [5, 5.41) is 23.8. The molecule has 4 saturated heterocycles. The van der Waals surface area contributed by atoms with Crippen molar-refractivity contribution in [3.63, 3.8) is 0 Å². The number of fused-ring (bicyclic) bond motifs is 4. The van der Waals surface area contributed by atoms with Crippen molar-refractivity contribution < 1.29 is 34.0 Å². The second-order valence-electron chi connectivity index (χ2n) is 21.6. The molecule has 2 N–H and O–H groups in total. The van der Waals surface area contributed by atoms with Gasteiger partial charge in [-0.3, -0.25) is 14.6 Å². The van der Waals surface area contributed by atoms with E-state index in [1.165, 1.54) is 32.1 Å². The third-order valence-corrected chi connectivity index (χ3v) is 18.5. The number of carbonyl (C=O) groups is 1. The molecule has 9 rings (SSSR count). The number of aliphatic hydroxyl groups is 2. The Morgan fingerprint density at radius 2 is 1.70 bits per heavy atom. The van der Waals surface area contributed by atoms with Gasteiger partial charge >= 0.3 is 0 Å². The molecule has 2 spiro atoms.